The van der Waals surface area contributed by atoms with E-state index < -0.39 is 16.1 Å². The predicted octanol–water partition coefficient (Wildman–Crippen LogP) is 2.45. The average molecular weight is 493 g/mol. The number of fused-ring (bicyclic) bond motifs is 1. The summed E-state index contributed by atoms with van der Waals surface area (Å²) in [6.07, 6.45) is 2.12. The molecule has 0 bridgehead atoms. The number of aldehydes is 1. The van der Waals surface area contributed by atoms with E-state index in [0.29, 0.717) is 37.1 Å². The Balaban J connectivity index is 1.63. The number of amides is 1. The van der Waals surface area contributed by atoms with E-state index in [-0.39, 0.29) is 29.0 Å². The molecule has 0 aromatic heterocycles. The normalized spacial score (nSPS) is 15.6. The van der Waals surface area contributed by atoms with Crippen molar-refractivity contribution in [3.8, 4) is 0 Å². The topological polar surface area (TPSA) is 133 Å². The lowest BCUT2D eigenvalue weighted by molar-refractivity contribution is -0.135. The number of hydrogen-bond donors (Lipinski definition) is 3. The summed E-state index contributed by atoms with van der Waals surface area (Å²) in [7, 11) is -4.02. The van der Waals surface area contributed by atoms with E-state index in [0.717, 1.165) is 17.1 Å². The molecular weight excluding hydrogens is 464 g/mol. The Hall–Kier alpha value is -3.56. The van der Waals surface area contributed by atoms with Crippen molar-refractivity contribution in [2.24, 2.45) is 11.7 Å². The Morgan fingerprint density at radius 2 is 1.77 bits per heavy atom. The first-order valence-electron chi connectivity index (χ1n) is 11.5. The third-order valence-corrected chi connectivity index (χ3v) is 7.82. The van der Waals surface area contributed by atoms with Gasteiger partial charge in [-0.25, -0.2) is 8.42 Å². The highest BCUT2D eigenvalue weighted by Crippen LogP contribution is 2.21. The van der Waals surface area contributed by atoms with Gasteiger partial charge in [-0.1, -0.05) is 48.5 Å². The number of carbonyl (C=O) groups excluding carboxylic acids is 2. The van der Waals surface area contributed by atoms with Gasteiger partial charge in [0, 0.05) is 24.6 Å². The maximum Gasteiger partial charge on any atom is 0.241 e. The SMILES string of the molecule is N=C(N)c1cccc(C[C@H](NS(=O)(=O)c2ccc3ccccc3c2)C(=O)N2CCC(C=O)CC2)c1. The van der Waals surface area contributed by atoms with Crippen LogP contribution in [0, 0.1) is 11.3 Å². The fraction of sp³-hybridized carbons (Fsp3) is 0.269. The van der Waals surface area contributed by atoms with E-state index in [1.54, 1.807) is 41.3 Å². The summed E-state index contributed by atoms with van der Waals surface area (Å²) in [5.41, 5.74) is 6.79. The summed E-state index contributed by atoms with van der Waals surface area (Å²) in [6.45, 7) is 0.786. The number of piperidine rings is 1. The van der Waals surface area contributed by atoms with Crippen LogP contribution in [0.1, 0.15) is 24.0 Å². The molecule has 0 spiro atoms. The zero-order chi connectivity index (χ0) is 25.0. The lowest BCUT2D eigenvalue weighted by atomic mass is 9.97. The van der Waals surface area contributed by atoms with Crippen molar-refractivity contribution in [1.29, 1.82) is 5.41 Å². The minimum Gasteiger partial charge on any atom is -0.384 e. The summed E-state index contributed by atoms with van der Waals surface area (Å²) in [4.78, 5) is 26.3. The van der Waals surface area contributed by atoms with Crippen LogP contribution in [0.25, 0.3) is 10.8 Å². The first-order valence-corrected chi connectivity index (χ1v) is 12.9. The second kappa shape index (κ2) is 10.4. The largest absolute Gasteiger partial charge is 0.384 e. The maximum absolute atomic E-state index is 13.5. The number of carbonyl (C=O) groups is 2. The molecule has 0 unspecified atom stereocenters. The van der Waals surface area contributed by atoms with Gasteiger partial charge >= 0.3 is 0 Å². The van der Waals surface area contributed by atoms with Crippen LogP contribution in [0.2, 0.25) is 0 Å². The average Bonchev–Trinajstić information content (AvgIpc) is 2.87. The lowest BCUT2D eigenvalue weighted by Crippen LogP contribution is -2.51. The standard InChI is InChI=1S/C26H28N4O4S/c27-25(28)22-7-3-4-19(14-22)15-24(26(32)30-12-10-18(17-31)11-13-30)29-35(33,34)23-9-8-20-5-1-2-6-21(20)16-23/h1-9,14,16-18,24,29H,10-13,15H2,(H3,27,28)/t24-/m0/s1. The first kappa shape index (κ1) is 24.6. The minimum absolute atomic E-state index is 0.0751. The van der Waals surface area contributed by atoms with Crippen molar-refractivity contribution in [3.05, 3.63) is 77.9 Å². The van der Waals surface area contributed by atoms with Crippen LogP contribution in [0.15, 0.2) is 71.6 Å². The first-order chi connectivity index (χ1) is 16.8. The molecule has 3 aromatic rings. The number of nitrogens with two attached hydrogens (primary N) is 1. The molecule has 8 nitrogen and oxygen atoms in total. The van der Waals surface area contributed by atoms with E-state index in [1.807, 2.05) is 24.3 Å². The number of nitrogen functional groups attached to an aromatic ring is 1. The molecule has 0 radical (unpaired) electrons. The van der Waals surface area contributed by atoms with Crippen molar-refractivity contribution in [2.45, 2.75) is 30.2 Å². The maximum atomic E-state index is 13.5. The number of nitrogens with zero attached hydrogens (tertiary/aromatic N) is 1. The van der Waals surface area contributed by atoms with Gasteiger partial charge in [-0.15, -0.1) is 0 Å². The van der Waals surface area contributed by atoms with Crippen LogP contribution in [0.4, 0.5) is 0 Å². The molecule has 1 atom stereocenters. The van der Waals surface area contributed by atoms with Crippen LogP contribution in [-0.4, -0.2) is 50.5 Å². The highest BCUT2D eigenvalue weighted by Gasteiger charge is 2.32. The third kappa shape index (κ3) is 5.75. The molecule has 9 heteroatoms. The van der Waals surface area contributed by atoms with Crippen LogP contribution < -0.4 is 10.5 Å². The van der Waals surface area contributed by atoms with Gasteiger partial charge in [-0.2, -0.15) is 4.72 Å². The molecule has 3 aromatic carbocycles. The molecular formula is C26H28N4O4S. The Labute approximate surface area is 204 Å². The van der Waals surface area contributed by atoms with Gasteiger partial charge in [-0.05, 0) is 53.8 Å². The zero-order valence-electron chi connectivity index (χ0n) is 19.2. The van der Waals surface area contributed by atoms with Crippen LogP contribution >= 0.6 is 0 Å². The number of rotatable bonds is 8. The van der Waals surface area contributed by atoms with Crippen molar-refractivity contribution < 1.29 is 18.0 Å². The van der Waals surface area contributed by atoms with E-state index >= 15 is 0 Å². The van der Waals surface area contributed by atoms with Gasteiger partial charge < -0.3 is 15.4 Å². The number of amidine groups is 1. The van der Waals surface area contributed by atoms with Crippen molar-refractivity contribution in [1.82, 2.24) is 9.62 Å². The third-order valence-electron chi connectivity index (χ3n) is 6.35. The summed E-state index contributed by atoms with van der Waals surface area (Å²) in [5, 5.41) is 9.38. The van der Waals surface area contributed by atoms with Crippen molar-refractivity contribution in [3.63, 3.8) is 0 Å². The number of benzene rings is 3. The quantitative estimate of drug-likeness (QED) is 0.252. The Kier molecular flexibility index (Phi) is 7.28. The molecule has 1 aliphatic rings. The van der Waals surface area contributed by atoms with E-state index in [2.05, 4.69) is 4.72 Å². The van der Waals surface area contributed by atoms with Gasteiger partial charge in [0.1, 0.15) is 18.2 Å². The summed E-state index contributed by atoms with van der Waals surface area (Å²) >= 11 is 0. The van der Waals surface area contributed by atoms with Gasteiger partial charge in [-0.3, -0.25) is 10.2 Å². The number of nitrogens with one attached hydrogen (secondary N) is 2. The highest BCUT2D eigenvalue weighted by atomic mass is 32.2. The lowest BCUT2D eigenvalue weighted by Gasteiger charge is -2.32. The molecule has 35 heavy (non-hydrogen) atoms. The van der Waals surface area contributed by atoms with Gasteiger partial charge in [0.05, 0.1) is 4.90 Å². The van der Waals surface area contributed by atoms with Crippen LogP contribution in [0.3, 0.4) is 0 Å². The predicted molar refractivity (Wildman–Crippen MR) is 135 cm³/mol. The molecule has 1 amide bonds. The molecule has 1 saturated heterocycles. The second-order valence-electron chi connectivity index (χ2n) is 8.80. The molecule has 1 aliphatic heterocycles. The molecule has 182 valence electrons. The molecule has 1 fully saturated rings. The Morgan fingerprint density at radius 3 is 2.46 bits per heavy atom. The minimum atomic E-state index is -4.02. The zero-order valence-corrected chi connectivity index (χ0v) is 20.0. The molecule has 0 aliphatic carbocycles. The number of sulfonamides is 1. The molecule has 0 saturated carbocycles. The summed E-state index contributed by atoms with van der Waals surface area (Å²) in [6, 6.07) is 18.1. The van der Waals surface area contributed by atoms with Crippen molar-refractivity contribution in [2.75, 3.05) is 13.1 Å². The fourth-order valence-corrected chi connectivity index (χ4v) is 5.57. The van der Waals surface area contributed by atoms with Crippen molar-refractivity contribution >= 4 is 38.8 Å². The Bertz CT molecular complexity index is 1360. The molecule has 4 N–H and O–H groups in total. The van der Waals surface area contributed by atoms with E-state index in [1.165, 1.54) is 6.07 Å². The highest BCUT2D eigenvalue weighted by molar-refractivity contribution is 7.89. The molecule has 1 heterocycles. The monoisotopic (exact) mass is 492 g/mol. The van der Waals surface area contributed by atoms with Gasteiger partial charge in [0.25, 0.3) is 0 Å². The smallest absolute Gasteiger partial charge is 0.241 e. The Morgan fingerprint density at radius 1 is 1.06 bits per heavy atom. The number of hydrogen-bond acceptors (Lipinski definition) is 5. The van der Waals surface area contributed by atoms with Gasteiger partial charge in [0.15, 0.2) is 0 Å². The molecule has 4 rings (SSSR count). The van der Waals surface area contributed by atoms with Gasteiger partial charge in [0.2, 0.25) is 15.9 Å². The fourth-order valence-electron chi connectivity index (χ4n) is 4.35. The van der Waals surface area contributed by atoms with E-state index in [4.69, 9.17) is 11.1 Å². The van der Waals surface area contributed by atoms with Crippen LogP contribution in [-0.2, 0) is 26.0 Å². The number of likely N-dealkylation sites (tertiary alicyclic amines) is 1. The van der Waals surface area contributed by atoms with Crippen LogP contribution in [0.5, 0.6) is 0 Å². The van der Waals surface area contributed by atoms with E-state index in [9.17, 15) is 18.0 Å². The summed E-state index contributed by atoms with van der Waals surface area (Å²) < 4.78 is 29.3. The second-order valence-corrected chi connectivity index (χ2v) is 10.5. The summed E-state index contributed by atoms with van der Waals surface area (Å²) in [5.74, 6) is -0.534.